The Morgan fingerprint density at radius 3 is 2.52 bits per heavy atom. The number of amides is 2. The van der Waals surface area contributed by atoms with Crippen LogP contribution in [-0.2, 0) is 0 Å². The zero-order valence-electron chi connectivity index (χ0n) is 12.6. The molecule has 1 saturated heterocycles. The SMILES string of the molecule is C[C@H](CCO)NC(=O)Nc1ccc(N2CCCCC2)cc1. The fourth-order valence-electron chi connectivity index (χ4n) is 2.56. The number of aliphatic hydroxyl groups is 1. The smallest absolute Gasteiger partial charge is 0.319 e. The molecule has 0 bridgehead atoms. The summed E-state index contributed by atoms with van der Waals surface area (Å²) in [5.41, 5.74) is 2.00. The van der Waals surface area contributed by atoms with E-state index in [2.05, 4.69) is 27.7 Å². The van der Waals surface area contributed by atoms with E-state index in [0.29, 0.717) is 6.42 Å². The zero-order valence-corrected chi connectivity index (χ0v) is 12.6. The highest BCUT2D eigenvalue weighted by molar-refractivity contribution is 5.89. The monoisotopic (exact) mass is 291 g/mol. The number of carbonyl (C=O) groups excluding carboxylic acids is 1. The predicted octanol–water partition coefficient (Wildman–Crippen LogP) is 2.57. The van der Waals surface area contributed by atoms with Crippen LogP contribution in [0.1, 0.15) is 32.6 Å². The largest absolute Gasteiger partial charge is 0.396 e. The molecule has 0 aliphatic carbocycles. The minimum atomic E-state index is -0.235. The fraction of sp³-hybridized carbons (Fsp3) is 0.562. The van der Waals surface area contributed by atoms with E-state index < -0.39 is 0 Å². The van der Waals surface area contributed by atoms with Crippen molar-refractivity contribution < 1.29 is 9.90 Å². The van der Waals surface area contributed by atoms with Crippen LogP contribution in [0.5, 0.6) is 0 Å². The number of benzene rings is 1. The molecule has 0 aromatic heterocycles. The molecular formula is C16H25N3O2. The van der Waals surface area contributed by atoms with Crippen LogP contribution in [0.25, 0.3) is 0 Å². The van der Waals surface area contributed by atoms with E-state index in [4.69, 9.17) is 5.11 Å². The molecule has 0 saturated carbocycles. The van der Waals surface area contributed by atoms with Crippen LogP contribution in [0.4, 0.5) is 16.2 Å². The van der Waals surface area contributed by atoms with Crippen molar-refractivity contribution in [2.75, 3.05) is 29.9 Å². The molecule has 1 aliphatic heterocycles. The van der Waals surface area contributed by atoms with Crippen LogP contribution in [0.3, 0.4) is 0 Å². The van der Waals surface area contributed by atoms with Gasteiger partial charge in [0.15, 0.2) is 0 Å². The van der Waals surface area contributed by atoms with Crippen molar-refractivity contribution in [3.8, 4) is 0 Å². The van der Waals surface area contributed by atoms with E-state index in [0.717, 1.165) is 18.8 Å². The predicted molar refractivity (Wildman–Crippen MR) is 85.8 cm³/mol. The quantitative estimate of drug-likeness (QED) is 0.781. The average Bonchev–Trinajstić information content (AvgIpc) is 2.49. The van der Waals surface area contributed by atoms with Crippen LogP contribution in [0.2, 0.25) is 0 Å². The van der Waals surface area contributed by atoms with Gasteiger partial charge in [-0.1, -0.05) is 0 Å². The van der Waals surface area contributed by atoms with Crippen molar-refractivity contribution in [3.63, 3.8) is 0 Å². The first-order valence-electron chi connectivity index (χ1n) is 7.72. The first-order valence-corrected chi connectivity index (χ1v) is 7.72. The molecule has 1 aliphatic rings. The molecule has 5 nitrogen and oxygen atoms in total. The molecule has 5 heteroatoms. The minimum absolute atomic E-state index is 0.0392. The van der Waals surface area contributed by atoms with Crippen LogP contribution in [-0.4, -0.2) is 36.9 Å². The molecule has 3 N–H and O–H groups in total. The highest BCUT2D eigenvalue weighted by Crippen LogP contribution is 2.21. The number of hydrogen-bond donors (Lipinski definition) is 3. The lowest BCUT2D eigenvalue weighted by Crippen LogP contribution is -2.36. The van der Waals surface area contributed by atoms with E-state index in [1.807, 2.05) is 19.1 Å². The van der Waals surface area contributed by atoms with Crippen molar-refractivity contribution in [3.05, 3.63) is 24.3 Å². The Labute approximate surface area is 126 Å². The van der Waals surface area contributed by atoms with Gasteiger partial charge in [-0.2, -0.15) is 0 Å². The van der Waals surface area contributed by atoms with E-state index >= 15 is 0 Å². The third-order valence-corrected chi connectivity index (χ3v) is 3.79. The number of rotatable bonds is 5. The molecule has 1 aromatic rings. The van der Waals surface area contributed by atoms with Crippen molar-refractivity contribution in [1.29, 1.82) is 0 Å². The van der Waals surface area contributed by atoms with Gasteiger partial charge in [0.05, 0.1) is 0 Å². The molecule has 2 amide bonds. The third kappa shape index (κ3) is 4.93. The minimum Gasteiger partial charge on any atom is -0.396 e. The van der Waals surface area contributed by atoms with Crippen LogP contribution in [0.15, 0.2) is 24.3 Å². The highest BCUT2D eigenvalue weighted by Gasteiger charge is 2.11. The van der Waals surface area contributed by atoms with Crippen LogP contribution < -0.4 is 15.5 Å². The van der Waals surface area contributed by atoms with E-state index in [9.17, 15) is 4.79 Å². The van der Waals surface area contributed by atoms with Gasteiger partial charge in [0.1, 0.15) is 0 Å². The van der Waals surface area contributed by atoms with Crippen LogP contribution >= 0.6 is 0 Å². The first-order chi connectivity index (χ1) is 10.2. The number of aliphatic hydroxyl groups excluding tert-OH is 1. The number of carbonyl (C=O) groups is 1. The highest BCUT2D eigenvalue weighted by atomic mass is 16.3. The molecular weight excluding hydrogens is 266 g/mol. The van der Waals surface area contributed by atoms with Crippen molar-refractivity contribution >= 4 is 17.4 Å². The van der Waals surface area contributed by atoms with Gasteiger partial charge in [0.2, 0.25) is 0 Å². The maximum Gasteiger partial charge on any atom is 0.319 e. The molecule has 2 rings (SSSR count). The molecule has 116 valence electrons. The van der Waals surface area contributed by atoms with Crippen molar-refractivity contribution in [1.82, 2.24) is 5.32 Å². The summed E-state index contributed by atoms with van der Waals surface area (Å²) in [7, 11) is 0. The van der Waals surface area contributed by atoms with Gasteiger partial charge in [-0.15, -0.1) is 0 Å². The lowest BCUT2D eigenvalue weighted by Gasteiger charge is -2.28. The number of nitrogens with zero attached hydrogens (tertiary/aromatic N) is 1. The zero-order chi connectivity index (χ0) is 15.1. The Hall–Kier alpha value is -1.75. The molecule has 1 fully saturated rings. The number of anilines is 2. The first kappa shape index (κ1) is 15.6. The molecule has 21 heavy (non-hydrogen) atoms. The van der Waals surface area contributed by atoms with Crippen molar-refractivity contribution in [2.24, 2.45) is 0 Å². The lowest BCUT2D eigenvalue weighted by atomic mass is 10.1. The van der Waals surface area contributed by atoms with Crippen LogP contribution in [0, 0.1) is 0 Å². The van der Waals surface area contributed by atoms with Gasteiger partial charge in [0, 0.05) is 37.1 Å². The summed E-state index contributed by atoms with van der Waals surface area (Å²) >= 11 is 0. The molecule has 0 unspecified atom stereocenters. The Morgan fingerprint density at radius 1 is 1.24 bits per heavy atom. The van der Waals surface area contributed by atoms with Gasteiger partial charge in [-0.3, -0.25) is 0 Å². The molecule has 1 aromatic carbocycles. The Kier molecular flexibility index (Phi) is 5.87. The average molecular weight is 291 g/mol. The second-order valence-electron chi connectivity index (χ2n) is 5.61. The van der Waals surface area contributed by atoms with Gasteiger partial charge >= 0.3 is 6.03 Å². The summed E-state index contributed by atoms with van der Waals surface area (Å²) in [5.74, 6) is 0. The van der Waals surface area contributed by atoms with Crippen molar-refractivity contribution in [2.45, 2.75) is 38.6 Å². The van der Waals surface area contributed by atoms with E-state index in [-0.39, 0.29) is 18.7 Å². The Morgan fingerprint density at radius 2 is 1.90 bits per heavy atom. The van der Waals surface area contributed by atoms with Gasteiger partial charge in [-0.25, -0.2) is 4.79 Å². The standard InChI is InChI=1S/C16H25N3O2/c1-13(9-12-20)17-16(21)18-14-5-7-15(8-6-14)19-10-3-2-4-11-19/h5-8,13,20H,2-4,9-12H2,1H3,(H2,17,18,21)/t13-/m1/s1. The van der Waals surface area contributed by atoms with E-state index in [1.54, 1.807) is 0 Å². The number of nitrogens with one attached hydrogen (secondary N) is 2. The number of hydrogen-bond acceptors (Lipinski definition) is 3. The Balaban J connectivity index is 1.85. The summed E-state index contributed by atoms with van der Waals surface area (Å²) in [6.45, 7) is 4.18. The second-order valence-corrected chi connectivity index (χ2v) is 5.61. The Bertz CT molecular complexity index is 441. The van der Waals surface area contributed by atoms with Gasteiger partial charge < -0.3 is 20.6 Å². The molecule has 1 atom stereocenters. The van der Waals surface area contributed by atoms with E-state index in [1.165, 1.54) is 24.9 Å². The maximum atomic E-state index is 11.8. The topological polar surface area (TPSA) is 64.6 Å². The number of piperidine rings is 1. The second kappa shape index (κ2) is 7.88. The summed E-state index contributed by atoms with van der Waals surface area (Å²) in [5, 5.41) is 14.4. The maximum absolute atomic E-state index is 11.8. The summed E-state index contributed by atoms with van der Waals surface area (Å²) in [4.78, 5) is 14.2. The number of urea groups is 1. The normalized spacial score (nSPS) is 16.4. The summed E-state index contributed by atoms with van der Waals surface area (Å²) in [6.07, 6.45) is 4.39. The molecule has 0 radical (unpaired) electrons. The summed E-state index contributed by atoms with van der Waals surface area (Å²) in [6, 6.07) is 7.70. The van der Waals surface area contributed by atoms with Gasteiger partial charge in [-0.05, 0) is 56.9 Å². The molecule has 0 spiro atoms. The lowest BCUT2D eigenvalue weighted by molar-refractivity contribution is 0.241. The fourth-order valence-corrected chi connectivity index (χ4v) is 2.56. The molecule has 1 heterocycles. The summed E-state index contributed by atoms with van der Waals surface area (Å²) < 4.78 is 0. The van der Waals surface area contributed by atoms with Gasteiger partial charge in [0.25, 0.3) is 0 Å². The third-order valence-electron chi connectivity index (χ3n) is 3.79.